The number of carbonyl (C=O) groups excluding carboxylic acids is 1. The van der Waals surface area contributed by atoms with Crippen LogP contribution in [0.5, 0.6) is 5.75 Å². The summed E-state index contributed by atoms with van der Waals surface area (Å²) < 4.78 is 5.62. The van der Waals surface area contributed by atoms with Crippen LogP contribution in [0, 0.1) is 11.3 Å². The zero-order valence-corrected chi connectivity index (χ0v) is 13.8. The van der Waals surface area contributed by atoms with Crippen LogP contribution in [0.15, 0.2) is 18.2 Å². The van der Waals surface area contributed by atoms with Crippen LogP contribution in [0.4, 0.5) is 0 Å². The lowest BCUT2D eigenvalue weighted by molar-refractivity contribution is -0.124. The van der Waals surface area contributed by atoms with E-state index in [-0.39, 0.29) is 35.7 Å². The van der Waals surface area contributed by atoms with Crippen molar-refractivity contribution in [2.24, 2.45) is 11.3 Å². The number of hydrogen-bond donors (Lipinski definition) is 2. The van der Waals surface area contributed by atoms with Crippen LogP contribution in [0.3, 0.4) is 0 Å². The van der Waals surface area contributed by atoms with Crippen LogP contribution in [0.2, 0.25) is 5.02 Å². The third-order valence-electron chi connectivity index (χ3n) is 5.17. The Hall–Kier alpha value is -0.970. The quantitative estimate of drug-likeness (QED) is 0.868. The summed E-state index contributed by atoms with van der Waals surface area (Å²) in [5.41, 5.74) is 1.27. The normalized spacial score (nSPS) is 27.5. The minimum absolute atomic E-state index is 0. The van der Waals surface area contributed by atoms with Crippen LogP contribution >= 0.6 is 24.0 Å². The fourth-order valence-electron chi connectivity index (χ4n) is 3.77. The van der Waals surface area contributed by atoms with Crippen LogP contribution in [0.1, 0.15) is 30.9 Å². The van der Waals surface area contributed by atoms with Gasteiger partial charge in [0.05, 0.1) is 6.04 Å². The van der Waals surface area contributed by atoms with Gasteiger partial charge in [0.1, 0.15) is 12.4 Å². The van der Waals surface area contributed by atoms with Crippen molar-refractivity contribution in [3.63, 3.8) is 0 Å². The number of fused-ring (bicyclic) bond motifs is 1. The summed E-state index contributed by atoms with van der Waals surface area (Å²) in [5.74, 6) is 1.19. The van der Waals surface area contributed by atoms with Gasteiger partial charge in [0, 0.05) is 16.5 Å². The lowest BCUT2D eigenvalue weighted by Gasteiger charge is -2.23. The van der Waals surface area contributed by atoms with Gasteiger partial charge in [0.15, 0.2) is 0 Å². The first kappa shape index (κ1) is 15.9. The van der Waals surface area contributed by atoms with E-state index in [9.17, 15) is 4.79 Å². The molecule has 6 heteroatoms. The summed E-state index contributed by atoms with van der Waals surface area (Å²) in [6, 6.07) is 5.51. The highest BCUT2D eigenvalue weighted by Crippen LogP contribution is 2.58. The Labute approximate surface area is 141 Å². The molecule has 2 atom stereocenters. The molecule has 0 radical (unpaired) electrons. The summed E-state index contributed by atoms with van der Waals surface area (Å²) in [6.45, 7) is 2.58. The molecule has 1 aliphatic carbocycles. The molecule has 1 saturated heterocycles. The topological polar surface area (TPSA) is 50.4 Å². The summed E-state index contributed by atoms with van der Waals surface area (Å²) >= 11 is 6.04. The molecule has 3 aliphatic rings. The molecule has 2 N–H and O–H groups in total. The van der Waals surface area contributed by atoms with Crippen molar-refractivity contribution >= 4 is 29.9 Å². The first-order chi connectivity index (χ1) is 10.2. The summed E-state index contributed by atoms with van der Waals surface area (Å²) in [5, 5.41) is 7.20. The second-order valence-electron chi connectivity index (χ2n) is 6.42. The minimum atomic E-state index is -0.0643. The van der Waals surface area contributed by atoms with Gasteiger partial charge in [0.2, 0.25) is 5.91 Å². The molecule has 0 bridgehead atoms. The Kier molecular flexibility index (Phi) is 4.27. The standard InChI is InChI=1S/C16H19ClN2O2.ClH/c17-10-1-2-14-11(7-10)13(9-21-14)19-15(20)12-8-16(12)3-5-18-6-4-16;/h1-2,7,12-13,18H,3-6,8-9H2,(H,19,20);1H. The van der Waals surface area contributed by atoms with E-state index in [0.29, 0.717) is 11.6 Å². The van der Waals surface area contributed by atoms with Crippen LogP contribution in [-0.2, 0) is 4.79 Å². The number of ether oxygens (including phenoxy) is 1. The Balaban J connectivity index is 0.00000144. The van der Waals surface area contributed by atoms with E-state index < -0.39 is 0 Å². The molecule has 2 heterocycles. The molecule has 4 rings (SSSR count). The van der Waals surface area contributed by atoms with Crippen molar-refractivity contribution in [3.05, 3.63) is 28.8 Å². The Bertz CT molecular complexity index is 588. The maximum absolute atomic E-state index is 12.5. The van der Waals surface area contributed by atoms with Crippen LogP contribution in [-0.4, -0.2) is 25.6 Å². The molecule has 2 unspecified atom stereocenters. The largest absolute Gasteiger partial charge is 0.491 e. The molecule has 1 amide bonds. The van der Waals surface area contributed by atoms with E-state index in [1.807, 2.05) is 18.2 Å². The van der Waals surface area contributed by atoms with Crippen molar-refractivity contribution in [3.8, 4) is 5.75 Å². The lowest BCUT2D eigenvalue weighted by atomic mass is 9.91. The lowest BCUT2D eigenvalue weighted by Crippen LogP contribution is -2.35. The first-order valence-electron chi connectivity index (χ1n) is 7.61. The third kappa shape index (κ3) is 2.68. The van der Waals surface area contributed by atoms with Gasteiger partial charge in [-0.2, -0.15) is 0 Å². The third-order valence-corrected chi connectivity index (χ3v) is 5.41. The second kappa shape index (κ2) is 5.91. The van der Waals surface area contributed by atoms with E-state index in [1.54, 1.807) is 0 Å². The molecule has 1 spiro atoms. The number of rotatable bonds is 2. The molecule has 1 aromatic carbocycles. The summed E-state index contributed by atoms with van der Waals surface area (Å²) in [7, 11) is 0. The molecule has 1 saturated carbocycles. The molecule has 2 fully saturated rings. The highest BCUT2D eigenvalue weighted by Gasteiger charge is 2.57. The van der Waals surface area contributed by atoms with Crippen LogP contribution in [0.25, 0.3) is 0 Å². The molecule has 1 aromatic rings. The average molecular weight is 343 g/mol. The summed E-state index contributed by atoms with van der Waals surface area (Å²) in [4.78, 5) is 12.5. The predicted octanol–water partition coefficient (Wildman–Crippen LogP) is 2.70. The van der Waals surface area contributed by atoms with E-state index in [1.165, 1.54) is 0 Å². The fraction of sp³-hybridized carbons (Fsp3) is 0.562. The van der Waals surface area contributed by atoms with E-state index in [2.05, 4.69) is 10.6 Å². The fourth-order valence-corrected chi connectivity index (χ4v) is 3.95. The van der Waals surface area contributed by atoms with Gasteiger partial charge in [-0.3, -0.25) is 4.79 Å². The van der Waals surface area contributed by atoms with Crippen molar-refractivity contribution in [2.75, 3.05) is 19.7 Å². The Morgan fingerprint density at radius 3 is 2.91 bits per heavy atom. The highest BCUT2D eigenvalue weighted by atomic mass is 35.5. The molecular weight excluding hydrogens is 323 g/mol. The van der Waals surface area contributed by atoms with Crippen molar-refractivity contribution in [1.82, 2.24) is 10.6 Å². The first-order valence-corrected chi connectivity index (χ1v) is 7.99. The SMILES string of the molecule is Cl.O=C(NC1COc2ccc(Cl)cc21)C1CC12CCNCC2. The highest BCUT2D eigenvalue weighted by molar-refractivity contribution is 6.30. The van der Waals surface area contributed by atoms with Gasteiger partial charge in [-0.25, -0.2) is 0 Å². The maximum atomic E-state index is 12.5. The molecule has 22 heavy (non-hydrogen) atoms. The minimum Gasteiger partial charge on any atom is -0.491 e. The van der Waals surface area contributed by atoms with Gasteiger partial charge in [-0.05, 0) is 56.0 Å². The number of piperidine rings is 1. The van der Waals surface area contributed by atoms with Crippen molar-refractivity contribution in [1.29, 1.82) is 0 Å². The maximum Gasteiger partial charge on any atom is 0.224 e. The van der Waals surface area contributed by atoms with Gasteiger partial charge in [-0.1, -0.05) is 11.6 Å². The van der Waals surface area contributed by atoms with E-state index in [4.69, 9.17) is 16.3 Å². The Morgan fingerprint density at radius 2 is 2.14 bits per heavy atom. The number of hydrogen-bond acceptors (Lipinski definition) is 3. The number of carbonyl (C=O) groups is 1. The predicted molar refractivity (Wildman–Crippen MR) is 87.7 cm³/mol. The van der Waals surface area contributed by atoms with Gasteiger partial charge >= 0.3 is 0 Å². The van der Waals surface area contributed by atoms with Gasteiger partial charge in [0.25, 0.3) is 0 Å². The zero-order valence-electron chi connectivity index (χ0n) is 12.2. The number of nitrogens with one attached hydrogen (secondary N) is 2. The molecule has 2 aliphatic heterocycles. The van der Waals surface area contributed by atoms with Crippen LogP contribution < -0.4 is 15.4 Å². The van der Waals surface area contributed by atoms with E-state index >= 15 is 0 Å². The second-order valence-corrected chi connectivity index (χ2v) is 6.86. The number of amides is 1. The number of halogens is 2. The molecular formula is C16H20Cl2N2O2. The smallest absolute Gasteiger partial charge is 0.224 e. The Morgan fingerprint density at radius 1 is 1.36 bits per heavy atom. The van der Waals surface area contributed by atoms with Crippen molar-refractivity contribution in [2.45, 2.75) is 25.3 Å². The van der Waals surface area contributed by atoms with Gasteiger partial charge < -0.3 is 15.4 Å². The summed E-state index contributed by atoms with van der Waals surface area (Å²) in [6.07, 6.45) is 3.28. The average Bonchev–Trinajstić information content (AvgIpc) is 3.03. The zero-order chi connectivity index (χ0) is 14.4. The van der Waals surface area contributed by atoms with Gasteiger partial charge in [-0.15, -0.1) is 12.4 Å². The van der Waals surface area contributed by atoms with Crippen molar-refractivity contribution < 1.29 is 9.53 Å². The molecule has 120 valence electrons. The van der Waals surface area contributed by atoms with E-state index in [0.717, 1.165) is 43.7 Å². The molecule has 4 nitrogen and oxygen atoms in total. The monoisotopic (exact) mass is 342 g/mol. The number of benzene rings is 1. The molecule has 0 aromatic heterocycles.